The first-order valence-corrected chi connectivity index (χ1v) is 5.97. The topological polar surface area (TPSA) is 98.3 Å². The maximum Gasteiger partial charge on any atom is 0.272 e. The van der Waals surface area contributed by atoms with Gasteiger partial charge in [-0.05, 0) is 24.8 Å². The Morgan fingerprint density at radius 1 is 1.55 bits per heavy atom. The molecule has 0 heterocycles. The number of benzene rings is 1. The molecule has 110 valence electrons. The molecule has 3 N–H and O–H groups in total. The molecule has 0 radical (unpaired) electrons. The average Bonchev–Trinajstić information content (AvgIpc) is 3.19. The summed E-state index contributed by atoms with van der Waals surface area (Å²) in [5.41, 5.74) is 4.96. The maximum absolute atomic E-state index is 13.6. The van der Waals surface area contributed by atoms with Gasteiger partial charge in [-0.25, -0.2) is 4.39 Å². The molecule has 0 spiro atoms. The van der Waals surface area contributed by atoms with E-state index >= 15 is 0 Å². The number of carbonyl (C=O) groups is 1. The second kappa shape index (κ2) is 6.62. The molecule has 0 aliphatic heterocycles. The lowest BCUT2D eigenvalue weighted by atomic mass is 10.1. The Hall–Kier alpha value is -1.73. The summed E-state index contributed by atoms with van der Waals surface area (Å²) in [4.78, 5) is 21.6. The van der Waals surface area contributed by atoms with Crippen molar-refractivity contribution in [1.82, 2.24) is 5.32 Å². The summed E-state index contributed by atoms with van der Waals surface area (Å²) < 4.78 is 13.6. The number of hydrogen-bond acceptors (Lipinski definition) is 4. The third-order valence-corrected chi connectivity index (χ3v) is 3.17. The van der Waals surface area contributed by atoms with E-state index in [0.717, 1.165) is 31.0 Å². The van der Waals surface area contributed by atoms with Crippen LogP contribution in [0.3, 0.4) is 0 Å². The summed E-state index contributed by atoms with van der Waals surface area (Å²) in [5.74, 6) is -1.14. The SMILES string of the molecule is Cl.NCC(NC(=O)c1ccc([N+](=O)[O-])cc1F)C1CC1. The Morgan fingerprint density at radius 3 is 2.65 bits per heavy atom. The van der Waals surface area contributed by atoms with Crippen LogP contribution in [0.15, 0.2) is 18.2 Å². The van der Waals surface area contributed by atoms with E-state index in [1.165, 1.54) is 0 Å². The van der Waals surface area contributed by atoms with Crippen LogP contribution in [0.2, 0.25) is 0 Å². The van der Waals surface area contributed by atoms with Crippen molar-refractivity contribution in [2.45, 2.75) is 18.9 Å². The van der Waals surface area contributed by atoms with Crippen molar-refractivity contribution in [2.24, 2.45) is 11.7 Å². The summed E-state index contributed by atoms with van der Waals surface area (Å²) in [6, 6.07) is 2.79. The van der Waals surface area contributed by atoms with Crippen LogP contribution in [-0.4, -0.2) is 23.4 Å². The highest BCUT2D eigenvalue weighted by Crippen LogP contribution is 2.32. The Morgan fingerprint density at radius 2 is 2.20 bits per heavy atom. The largest absolute Gasteiger partial charge is 0.348 e. The zero-order chi connectivity index (χ0) is 14.0. The number of amides is 1. The summed E-state index contributed by atoms with van der Waals surface area (Å²) in [7, 11) is 0. The van der Waals surface area contributed by atoms with Crippen LogP contribution in [0.1, 0.15) is 23.2 Å². The summed E-state index contributed by atoms with van der Waals surface area (Å²) in [6.45, 7) is 0.297. The number of nitro benzene ring substituents is 1. The minimum atomic E-state index is -0.904. The average molecular weight is 304 g/mol. The lowest BCUT2D eigenvalue weighted by Crippen LogP contribution is -2.42. The van der Waals surface area contributed by atoms with Crippen molar-refractivity contribution in [3.8, 4) is 0 Å². The van der Waals surface area contributed by atoms with Crippen LogP contribution in [0, 0.1) is 21.8 Å². The predicted molar refractivity (Wildman–Crippen MR) is 73.3 cm³/mol. The molecule has 1 unspecified atom stereocenters. The second-order valence-electron chi connectivity index (χ2n) is 4.57. The lowest BCUT2D eigenvalue weighted by Gasteiger charge is -2.16. The van der Waals surface area contributed by atoms with Crippen LogP contribution < -0.4 is 11.1 Å². The summed E-state index contributed by atoms with van der Waals surface area (Å²) in [6.07, 6.45) is 2.01. The van der Waals surface area contributed by atoms with Crippen molar-refractivity contribution < 1.29 is 14.1 Å². The number of carbonyl (C=O) groups excluding carboxylic acids is 1. The molecule has 1 aromatic carbocycles. The van der Waals surface area contributed by atoms with Gasteiger partial charge in [-0.15, -0.1) is 12.4 Å². The molecule has 1 saturated carbocycles. The van der Waals surface area contributed by atoms with E-state index in [1.807, 2.05) is 0 Å². The molecule has 6 nitrogen and oxygen atoms in total. The molecule has 1 aliphatic rings. The fraction of sp³-hybridized carbons (Fsp3) is 0.417. The third-order valence-electron chi connectivity index (χ3n) is 3.17. The van der Waals surface area contributed by atoms with E-state index in [2.05, 4.69) is 5.32 Å². The zero-order valence-electron chi connectivity index (χ0n) is 10.5. The summed E-state index contributed by atoms with van der Waals surface area (Å²) >= 11 is 0. The van der Waals surface area contributed by atoms with Crippen molar-refractivity contribution in [3.63, 3.8) is 0 Å². The Kier molecular flexibility index (Phi) is 5.41. The van der Waals surface area contributed by atoms with Crippen molar-refractivity contribution in [3.05, 3.63) is 39.7 Å². The first-order valence-electron chi connectivity index (χ1n) is 5.97. The van der Waals surface area contributed by atoms with Crippen LogP contribution >= 0.6 is 12.4 Å². The standard InChI is InChI=1S/C12H14FN3O3.ClH/c13-10-5-8(16(18)19)3-4-9(10)12(17)15-11(6-14)7-1-2-7;/h3-5,7,11H,1-2,6,14H2,(H,15,17);1H. The summed E-state index contributed by atoms with van der Waals surface area (Å²) in [5, 5.41) is 13.1. The number of halogens is 2. The number of nitrogens with zero attached hydrogens (tertiary/aromatic N) is 1. The van der Waals surface area contributed by atoms with Crippen LogP contribution in [0.4, 0.5) is 10.1 Å². The smallest absolute Gasteiger partial charge is 0.272 e. The van der Waals surface area contributed by atoms with Gasteiger partial charge in [-0.1, -0.05) is 0 Å². The van der Waals surface area contributed by atoms with Crippen LogP contribution in [0.25, 0.3) is 0 Å². The first kappa shape index (κ1) is 16.3. The number of hydrogen-bond donors (Lipinski definition) is 2. The molecule has 1 fully saturated rings. The van der Waals surface area contributed by atoms with Gasteiger partial charge in [-0.2, -0.15) is 0 Å². The quantitative estimate of drug-likeness (QED) is 0.638. The van der Waals surface area contributed by atoms with Gasteiger partial charge in [0.1, 0.15) is 5.82 Å². The molecular weight excluding hydrogens is 289 g/mol. The van der Waals surface area contributed by atoms with Gasteiger partial charge in [0.05, 0.1) is 16.6 Å². The van der Waals surface area contributed by atoms with Gasteiger partial charge in [0.25, 0.3) is 11.6 Å². The van der Waals surface area contributed by atoms with Gasteiger partial charge in [0.15, 0.2) is 0 Å². The highest BCUT2D eigenvalue weighted by Gasteiger charge is 2.31. The highest BCUT2D eigenvalue weighted by molar-refractivity contribution is 5.95. The van der Waals surface area contributed by atoms with E-state index in [1.54, 1.807) is 0 Å². The Labute approximate surface area is 121 Å². The van der Waals surface area contributed by atoms with Crippen LogP contribution in [0.5, 0.6) is 0 Å². The number of nitrogens with one attached hydrogen (secondary N) is 1. The Balaban J connectivity index is 0.00000200. The monoisotopic (exact) mass is 303 g/mol. The van der Waals surface area contributed by atoms with Gasteiger partial charge in [0, 0.05) is 18.7 Å². The van der Waals surface area contributed by atoms with E-state index in [9.17, 15) is 19.3 Å². The number of rotatable bonds is 5. The fourth-order valence-electron chi connectivity index (χ4n) is 1.92. The fourth-order valence-corrected chi connectivity index (χ4v) is 1.92. The second-order valence-corrected chi connectivity index (χ2v) is 4.57. The third kappa shape index (κ3) is 3.64. The molecule has 0 saturated heterocycles. The molecule has 1 aliphatic carbocycles. The minimum absolute atomic E-state index is 0. The molecule has 1 aromatic rings. The van der Waals surface area contributed by atoms with Crippen molar-refractivity contribution in [2.75, 3.05) is 6.54 Å². The molecule has 8 heteroatoms. The molecule has 0 aromatic heterocycles. The predicted octanol–water partition coefficient (Wildman–Crippen LogP) is 1.62. The normalized spacial score (nSPS) is 15.1. The first-order chi connectivity index (χ1) is 9.02. The van der Waals surface area contributed by atoms with Gasteiger partial charge < -0.3 is 11.1 Å². The molecule has 0 bridgehead atoms. The lowest BCUT2D eigenvalue weighted by molar-refractivity contribution is -0.385. The van der Waals surface area contributed by atoms with Crippen molar-refractivity contribution in [1.29, 1.82) is 0 Å². The van der Waals surface area contributed by atoms with E-state index in [-0.39, 0.29) is 29.7 Å². The van der Waals surface area contributed by atoms with Gasteiger partial charge in [-0.3, -0.25) is 14.9 Å². The zero-order valence-corrected chi connectivity index (χ0v) is 11.4. The molecule has 1 atom stereocenters. The number of nitro groups is 1. The van der Waals surface area contributed by atoms with E-state index in [0.29, 0.717) is 12.5 Å². The highest BCUT2D eigenvalue weighted by atomic mass is 35.5. The minimum Gasteiger partial charge on any atom is -0.348 e. The number of nitrogens with two attached hydrogens (primary N) is 1. The molecule has 1 amide bonds. The van der Waals surface area contributed by atoms with E-state index in [4.69, 9.17) is 5.73 Å². The maximum atomic E-state index is 13.6. The van der Waals surface area contributed by atoms with Gasteiger partial charge in [0.2, 0.25) is 0 Å². The molecule has 2 rings (SSSR count). The molecular formula is C12H15ClFN3O3. The molecule has 20 heavy (non-hydrogen) atoms. The van der Waals surface area contributed by atoms with Gasteiger partial charge >= 0.3 is 0 Å². The Bertz CT molecular complexity index is 523. The number of non-ortho nitro benzene ring substituents is 1. The van der Waals surface area contributed by atoms with Crippen molar-refractivity contribution >= 4 is 24.0 Å². The van der Waals surface area contributed by atoms with E-state index < -0.39 is 16.6 Å². The van der Waals surface area contributed by atoms with Crippen LogP contribution in [-0.2, 0) is 0 Å².